The second-order valence-electron chi connectivity index (χ2n) is 1.91. The first-order chi connectivity index (χ1) is 3.39. The molecule has 1 radical (unpaired) electrons. The van der Waals surface area contributed by atoms with Crippen LogP contribution in [0.1, 0.15) is 19.3 Å². The summed E-state index contributed by atoms with van der Waals surface area (Å²) in [6.07, 6.45) is 3.61. The molecule has 0 aromatic carbocycles. The monoisotopic (exact) mass is 96.1 g/mol. The second kappa shape index (κ2) is 2.01. The summed E-state index contributed by atoms with van der Waals surface area (Å²) in [4.78, 5) is 0. The largest absolute Gasteiger partial charge is 0.388 e. The molecule has 1 saturated heterocycles. The highest BCUT2D eigenvalue weighted by atomic mass is 14.9. The van der Waals surface area contributed by atoms with E-state index in [0.29, 0.717) is 0 Å². The number of rotatable bonds is 0. The Kier molecular flexibility index (Phi) is 1.35. The van der Waals surface area contributed by atoms with Crippen molar-refractivity contribution in [1.82, 2.24) is 5.32 Å². The Labute approximate surface area is 44.4 Å². The van der Waals surface area contributed by atoms with Crippen LogP contribution >= 0.6 is 0 Å². The van der Waals surface area contributed by atoms with Crippen molar-refractivity contribution < 1.29 is 0 Å². The fraction of sp³-hybridized carbons (Fsp3) is 0.667. The highest BCUT2D eigenvalue weighted by Crippen LogP contribution is 2.06. The van der Waals surface area contributed by atoms with Crippen molar-refractivity contribution in [3.63, 3.8) is 0 Å². The quantitative estimate of drug-likeness (QED) is 0.475. The molecule has 0 bridgehead atoms. The zero-order valence-corrected chi connectivity index (χ0v) is 4.41. The highest BCUT2D eigenvalue weighted by molar-refractivity contribution is 4.90. The summed E-state index contributed by atoms with van der Waals surface area (Å²) in [6.45, 7) is 6.52. The minimum Gasteiger partial charge on any atom is -0.388 e. The Hall–Kier alpha value is -0.460. The molecule has 1 nitrogen and oxygen atoms in total. The van der Waals surface area contributed by atoms with E-state index >= 15 is 0 Å². The molecule has 1 heterocycles. The lowest BCUT2D eigenvalue weighted by molar-refractivity contribution is 0.589. The summed E-state index contributed by atoms with van der Waals surface area (Å²) in [5.74, 6) is 0. The van der Waals surface area contributed by atoms with Crippen molar-refractivity contribution in [3.05, 3.63) is 12.3 Å². The predicted octanol–water partition coefficient (Wildman–Crippen LogP) is 1.08. The molecular formula is C6H10N. The first-order valence-electron chi connectivity index (χ1n) is 2.75. The maximum Gasteiger partial charge on any atom is 0.0144 e. The van der Waals surface area contributed by atoms with Crippen molar-refractivity contribution in [1.29, 1.82) is 0 Å². The molecule has 0 aliphatic carbocycles. The van der Waals surface area contributed by atoms with E-state index in [1.165, 1.54) is 12.8 Å². The standard InChI is InChI=1S/C6H10N/c1-6-4-2-3-5-7-6/h1,7H,2-5H2. The summed E-state index contributed by atoms with van der Waals surface area (Å²) in [6, 6.07) is 0. The van der Waals surface area contributed by atoms with Crippen molar-refractivity contribution in [3.8, 4) is 0 Å². The van der Waals surface area contributed by atoms with Gasteiger partial charge in [-0.25, -0.2) is 0 Å². The third-order valence-electron chi connectivity index (χ3n) is 1.22. The van der Waals surface area contributed by atoms with Crippen LogP contribution in [-0.4, -0.2) is 6.54 Å². The summed E-state index contributed by atoms with van der Waals surface area (Å²) in [7, 11) is 0. The van der Waals surface area contributed by atoms with E-state index in [-0.39, 0.29) is 0 Å². The molecule has 0 saturated carbocycles. The highest BCUT2D eigenvalue weighted by Gasteiger charge is 1.98. The minimum absolute atomic E-state index is 0.964. The van der Waals surface area contributed by atoms with Crippen LogP contribution in [0.3, 0.4) is 0 Å². The van der Waals surface area contributed by atoms with Crippen LogP contribution in [0.4, 0.5) is 0 Å². The Bertz CT molecular complexity index is 68.2. The molecule has 1 N–H and O–H groups in total. The smallest absolute Gasteiger partial charge is 0.0144 e. The van der Waals surface area contributed by atoms with Gasteiger partial charge in [-0.1, -0.05) is 0 Å². The van der Waals surface area contributed by atoms with Gasteiger partial charge in [-0.2, -0.15) is 0 Å². The molecular weight excluding hydrogens is 86.1 g/mol. The predicted molar refractivity (Wildman–Crippen MR) is 29.7 cm³/mol. The lowest BCUT2D eigenvalue weighted by atomic mass is 10.1. The molecule has 1 fully saturated rings. The van der Waals surface area contributed by atoms with Crippen molar-refractivity contribution in [2.45, 2.75) is 19.3 Å². The van der Waals surface area contributed by atoms with E-state index in [0.717, 1.165) is 18.7 Å². The van der Waals surface area contributed by atoms with Crippen molar-refractivity contribution in [2.24, 2.45) is 0 Å². The van der Waals surface area contributed by atoms with Gasteiger partial charge in [0, 0.05) is 12.2 Å². The van der Waals surface area contributed by atoms with Gasteiger partial charge in [0.05, 0.1) is 0 Å². The third kappa shape index (κ3) is 1.22. The second-order valence-corrected chi connectivity index (χ2v) is 1.91. The van der Waals surface area contributed by atoms with Crippen LogP contribution in [0.5, 0.6) is 0 Å². The van der Waals surface area contributed by atoms with E-state index in [1.807, 2.05) is 0 Å². The summed E-state index contributed by atoms with van der Waals surface area (Å²) in [5.41, 5.74) is 0.964. The molecule has 1 rings (SSSR count). The van der Waals surface area contributed by atoms with Crippen molar-refractivity contribution >= 4 is 0 Å². The van der Waals surface area contributed by atoms with Gasteiger partial charge in [-0.15, -0.1) is 0 Å². The first-order valence-corrected chi connectivity index (χ1v) is 2.75. The van der Waals surface area contributed by atoms with Gasteiger partial charge in [0.2, 0.25) is 0 Å². The van der Waals surface area contributed by atoms with Crippen LogP contribution in [0.25, 0.3) is 0 Å². The molecule has 39 valence electrons. The Morgan fingerprint density at radius 1 is 1.43 bits per heavy atom. The van der Waals surface area contributed by atoms with Gasteiger partial charge in [-0.05, 0) is 25.8 Å². The van der Waals surface area contributed by atoms with Crippen LogP contribution in [0.15, 0.2) is 5.70 Å². The van der Waals surface area contributed by atoms with E-state index in [1.54, 1.807) is 0 Å². The van der Waals surface area contributed by atoms with E-state index in [9.17, 15) is 0 Å². The maximum absolute atomic E-state index is 5.44. The molecule has 1 aliphatic heterocycles. The molecule has 1 heteroatoms. The number of hydrogen-bond donors (Lipinski definition) is 1. The van der Waals surface area contributed by atoms with Crippen LogP contribution in [0.2, 0.25) is 0 Å². The fourth-order valence-electron chi connectivity index (χ4n) is 0.778. The molecule has 0 amide bonds. The maximum atomic E-state index is 5.44. The Morgan fingerprint density at radius 3 is 2.57 bits per heavy atom. The van der Waals surface area contributed by atoms with Gasteiger partial charge in [-0.3, -0.25) is 0 Å². The van der Waals surface area contributed by atoms with Crippen LogP contribution in [-0.2, 0) is 0 Å². The summed E-state index contributed by atoms with van der Waals surface area (Å²) in [5, 5.41) is 3.08. The molecule has 1 aliphatic rings. The zero-order chi connectivity index (χ0) is 5.11. The van der Waals surface area contributed by atoms with Gasteiger partial charge in [0.15, 0.2) is 0 Å². The lowest BCUT2D eigenvalue weighted by Crippen LogP contribution is -2.18. The molecule has 0 aromatic rings. The first kappa shape index (κ1) is 4.69. The molecule has 0 aromatic heterocycles. The number of piperidine rings is 1. The molecule has 0 atom stereocenters. The topological polar surface area (TPSA) is 12.0 Å². The van der Waals surface area contributed by atoms with Gasteiger partial charge in [0.25, 0.3) is 0 Å². The van der Waals surface area contributed by atoms with Crippen LogP contribution in [0, 0.1) is 6.58 Å². The summed E-state index contributed by atoms with van der Waals surface area (Å²) < 4.78 is 0. The summed E-state index contributed by atoms with van der Waals surface area (Å²) >= 11 is 0. The lowest BCUT2D eigenvalue weighted by Gasteiger charge is -2.13. The SMILES string of the molecule is [CH]=C1CCCCN1. The number of nitrogens with one attached hydrogen (secondary N) is 1. The average Bonchev–Trinajstić information content (AvgIpc) is 1.69. The molecule has 0 spiro atoms. The van der Waals surface area contributed by atoms with Crippen molar-refractivity contribution in [2.75, 3.05) is 6.54 Å². The van der Waals surface area contributed by atoms with E-state index < -0.39 is 0 Å². The Morgan fingerprint density at radius 2 is 2.29 bits per heavy atom. The average molecular weight is 96.2 g/mol. The molecule has 0 unspecified atom stereocenters. The van der Waals surface area contributed by atoms with Gasteiger partial charge >= 0.3 is 0 Å². The van der Waals surface area contributed by atoms with E-state index in [2.05, 4.69) is 5.32 Å². The van der Waals surface area contributed by atoms with Gasteiger partial charge < -0.3 is 5.32 Å². The number of hydrogen-bond acceptors (Lipinski definition) is 1. The zero-order valence-electron chi connectivity index (χ0n) is 4.41. The number of allylic oxidation sites excluding steroid dienone is 1. The Balaban J connectivity index is 2.25. The minimum atomic E-state index is 0.964. The fourth-order valence-corrected chi connectivity index (χ4v) is 0.778. The normalized spacial score (nSPS) is 21.4. The molecule has 7 heavy (non-hydrogen) atoms. The van der Waals surface area contributed by atoms with E-state index in [4.69, 9.17) is 6.58 Å². The van der Waals surface area contributed by atoms with Crippen LogP contribution < -0.4 is 5.32 Å². The third-order valence-corrected chi connectivity index (χ3v) is 1.22. The van der Waals surface area contributed by atoms with Gasteiger partial charge in [0.1, 0.15) is 0 Å².